The average molecular weight is 660 g/mol. The summed E-state index contributed by atoms with van der Waals surface area (Å²) in [6.07, 6.45) is 7.19. The lowest BCUT2D eigenvalue weighted by Gasteiger charge is -2.61. The number of ether oxygens (including phenoxy) is 3. The van der Waals surface area contributed by atoms with Crippen LogP contribution in [-0.2, 0) is 19.0 Å². The quantitative estimate of drug-likeness (QED) is 0.336. The number of rotatable bonds is 7. The van der Waals surface area contributed by atoms with Gasteiger partial charge in [-0.25, -0.2) is 0 Å². The number of aliphatic hydroxyl groups is 2. The van der Waals surface area contributed by atoms with E-state index in [9.17, 15) is 15.0 Å². The number of nitrogens with one attached hydrogen (secondary N) is 1. The minimum atomic E-state index is -1.41. The first kappa shape index (κ1) is 34.4. The Bertz CT molecular complexity index is 1450. The summed E-state index contributed by atoms with van der Waals surface area (Å²) in [5.41, 5.74) is -0.596. The molecule has 13 atom stereocenters. The standard InChI is InChI=1S/C41H57NO6/c1-26-24-47-36(30(26)16-20-42-5)37(44)40(4,45)35-15-19-41-32-23-34(43)33-22-29(13-17-38(33,2)31(32)14-18-39(35,41)3)46-25-28(12-9-21-48-41)27-10-7-6-8-11-27/h6-8,10-11,23,26,28-31,33,35-37,42,44-45H,13-22,24-25H2,1-5H3/t26-,28+,29-,30+,31-,33-,35-,36-,37+,38+,39+,40-,41+/m0/s1. The molecule has 1 aromatic rings. The van der Waals surface area contributed by atoms with Crippen molar-refractivity contribution in [2.45, 2.75) is 114 Å². The second kappa shape index (κ2) is 12.9. The van der Waals surface area contributed by atoms with Gasteiger partial charge in [-0.3, -0.25) is 4.79 Å². The number of hydrogen-bond acceptors (Lipinski definition) is 7. The second-order valence-corrected chi connectivity index (χ2v) is 16.8. The fourth-order valence-electron chi connectivity index (χ4n) is 11.6. The van der Waals surface area contributed by atoms with E-state index in [0.29, 0.717) is 32.0 Å². The van der Waals surface area contributed by atoms with E-state index in [2.05, 4.69) is 50.1 Å². The van der Waals surface area contributed by atoms with Crippen LogP contribution in [0, 0.1) is 52.3 Å². The number of fused-ring (bicyclic) bond motifs is 2. The normalized spacial score (nSPS) is 44.2. The first-order valence-corrected chi connectivity index (χ1v) is 18.7. The number of hydrogen-bond donors (Lipinski definition) is 3. The molecule has 4 fully saturated rings. The van der Waals surface area contributed by atoms with E-state index in [4.69, 9.17) is 14.2 Å². The highest BCUT2D eigenvalue weighted by Gasteiger charge is 2.70. The molecule has 0 amide bonds. The largest absolute Gasteiger partial charge is 0.387 e. The van der Waals surface area contributed by atoms with Crippen LogP contribution in [0.25, 0.3) is 0 Å². The topological polar surface area (TPSA) is 97.3 Å². The zero-order valence-electron chi connectivity index (χ0n) is 29.7. The highest BCUT2D eigenvalue weighted by atomic mass is 16.5. The monoisotopic (exact) mass is 659 g/mol. The van der Waals surface area contributed by atoms with E-state index >= 15 is 0 Å². The van der Waals surface area contributed by atoms with Crippen molar-refractivity contribution >= 4 is 5.78 Å². The molecule has 3 saturated carbocycles. The summed E-state index contributed by atoms with van der Waals surface area (Å²) in [5, 5.41) is 27.9. The number of aliphatic hydroxyl groups excluding tert-OH is 1. The van der Waals surface area contributed by atoms with Crippen LogP contribution in [0.4, 0.5) is 0 Å². The molecule has 4 aliphatic carbocycles. The smallest absolute Gasteiger partial charge is 0.159 e. The SMILES string of the molecule is CNCC[C@H]1[C@@H]([C@@H](O)[C@@](C)(O)[C@H]2CC[C@@]34OCC#C[C@@H](c5ccccc5)CO[C@H]5CC[C@@]6(C)[C@@H](C5)C(=O)C=C3[C@@H]6CC[C@]24C)OC[C@@H]1C. The second-order valence-electron chi connectivity index (χ2n) is 16.8. The molecule has 9 rings (SSSR count). The number of ketones is 1. The zero-order valence-corrected chi connectivity index (χ0v) is 29.7. The van der Waals surface area contributed by atoms with Gasteiger partial charge >= 0.3 is 0 Å². The Kier molecular flexibility index (Phi) is 9.27. The molecule has 262 valence electrons. The van der Waals surface area contributed by atoms with Crippen LogP contribution in [0.2, 0.25) is 0 Å². The highest BCUT2D eigenvalue weighted by Crippen LogP contribution is 2.70. The minimum absolute atomic E-state index is 0.0434. The summed E-state index contributed by atoms with van der Waals surface area (Å²) in [6.45, 7) is 10.8. The van der Waals surface area contributed by atoms with E-state index in [1.54, 1.807) is 0 Å². The Morgan fingerprint density at radius 3 is 2.62 bits per heavy atom. The Hall–Kier alpha value is -2.05. The summed E-state index contributed by atoms with van der Waals surface area (Å²) in [7, 11) is 1.95. The predicted octanol–water partition coefficient (Wildman–Crippen LogP) is 5.44. The molecule has 4 aliphatic heterocycles. The summed E-state index contributed by atoms with van der Waals surface area (Å²) in [5.74, 6) is 7.36. The van der Waals surface area contributed by atoms with Crippen molar-refractivity contribution in [1.82, 2.24) is 5.32 Å². The van der Waals surface area contributed by atoms with Crippen LogP contribution < -0.4 is 5.32 Å². The summed E-state index contributed by atoms with van der Waals surface area (Å²) in [6, 6.07) is 10.3. The lowest BCUT2D eigenvalue weighted by atomic mass is 9.45. The first-order chi connectivity index (χ1) is 23.0. The third-order valence-corrected chi connectivity index (χ3v) is 14.4. The Morgan fingerprint density at radius 2 is 1.85 bits per heavy atom. The molecule has 1 spiro atoms. The van der Waals surface area contributed by atoms with Gasteiger partial charge in [0.15, 0.2) is 5.78 Å². The maximum atomic E-state index is 14.2. The fourth-order valence-corrected chi connectivity index (χ4v) is 11.6. The maximum absolute atomic E-state index is 14.2. The molecule has 0 radical (unpaired) electrons. The van der Waals surface area contributed by atoms with Gasteiger partial charge in [0.05, 0.1) is 42.5 Å². The lowest BCUT2D eigenvalue weighted by Crippen LogP contribution is -2.64. The van der Waals surface area contributed by atoms with Gasteiger partial charge in [0.1, 0.15) is 12.7 Å². The van der Waals surface area contributed by atoms with E-state index in [-0.39, 0.29) is 53.5 Å². The Balaban J connectivity index is 1.27. The van der Waals surface area contributed by atoms with Crippen molar-refractivity contribution < 1.29 is 29.2 Å². The van der Waals surface area contributed by atoms with E-state index < -0.39 is 28.8 Å². The maximum Gasteiger partial charge on any atom is 0.159 e. The van der Waals surface area contributed by atoms with E-state index in [0.717, 1.165) is 56.2 Å². The van der Waals surface area contributed by atoms with Gasteiger partial charge < -0.3 is 29.7 Å². The van der Waals surface area contributed by atoms with Crippen molar-refractivity contribution in [3.8, 4) is 11.8 Å². The van der Waals surface area contributed by atoms with Gasteiger partial charge in [0, 0.05) is 11.3 Å². The summed E-state index contributed by atoms with van der Waals surface area (Å²) < 4.78 is 19.9. The van der Waals surface area contributed by atoms with Crippen LogP contribution in [0.5, 0.6) is 0 Å². The van der Waals surface area contributed by atoms with Gasteiger partial charge in [-0.05, 0) is 118 Å². The first-order valence-electron chi connectivity index (χ1n) is 18.7. The molecular formula is C41H57NO6. The molecule has 7 nitrogen and oxygen atoms in total. The van der Waals surface area contributed by atoms with Crippen molar-refractivity contribution in [2.24, 2.45) is 40.4 Å². The van der Waals surface area contributed by atoms with Gasteiger partial charge in [-0.15, -0.1) is 0 Å². The number of carbonyl (C=O) groups excluding carboxylic acids is 1. The summed E-state index contributed by atoms with van der Waals surface area (Å²) in [4.78, 5) is 14.2. The van der Waals surface area contributed by atoms with Crippen LogP contribution in [0.15, 0.2) is 42.0 Å². The number of allylic oxidation sites excluding steroid dienone is 1. The highest BCUT2D eigenvalue weighted by molar-refractivity contribution is 5.95. The van der Waals surface area contributed by atoms with Gasteiger partial charge in [-0.2, -0.15) is 0 Å². The molecule has 7 heteroatoms. The third kappa shape index (κ3) is 5.36. The van der Waals surface area contributed by atoms with Crippen molar-refractivity contribution in [3.05, 3.63) is 47.5 Å². The molecule has 1 saturated heterocycles. The molecule has 1 aromatic carbocycles. The number of carbonyl (C=O) groups is 1. The van der Waals surface area contributed by atoms with E-state index in [1.807, 2.05) is 38.2 Å². The van der Waals surface area contributed by atoms with Crippen LogP contribution in [-0.4, -0.2) is 78.9 Å². The molecule has 6 bridgehead atoms. The molecule has 8 aliphatic rings. The average Bonchev–Trinajstić information content (AvgIpc) is 3.60. The van der Waals surface area contributed by atoms with Crippen molar-refractivity contribution in [3.63, 3.8) is 0 Å². The predicted molar refractivity (Wildman–Crippen MR) is 185 cm³/mol. The van der Waals surface area contributed by atoms with Crippen molar-refractivity contribution in [1.29, 1.82) is 0 Å². The molecule has 0 aromatic heterocycles. The Labute approximate surface area is 287 Å². The van der Waals surface area contributed by atoms with Crippen molar-refractivity contribution in [2.75, 3.05) is 33.4 Å². The zero-order chi connectivity index (χ0) is 33.9. The fraction of sp³-hybridized carbons (Fsp3) is 0.732. The van der Waals surface area contributed by atoms with Gasteiger partial charge in [-0.1, -0.05) is 62.9 Å². The van der Waals surface area contributed by atoms with Crippen LogP contribution in [0.3, 0.4) is 0 Å². The molecule has 3 N–H and O–H groups in total. The molecule has 4 heterocycles. The Morgan fingerprint density at radius 1 is 1.06 bits per heavy atom. The van der Waals surface area contributed by atoms with Gasteiger partial charge in [0.25, 0.3) is 0 Å². The molecule has 48 heavy (non-hydrogen) atoms. The van der Waals surface area contributed by atoms with Gasteiger partial charge in [0.2, 0.25) is 0 Å². The lowest BCUT2D eigenvalue weighted by molar-refractivity contribution is -0.201. The molecular weight excluding hydrogens is 602 g/mol. The minimum Gasteiger partial charge on any atom is -0.387 e. The van der Waals surface area contributed by atoms with Crippen LogP contribution in [0.1, 0.15) is 90.5 Å². The van der Waals surface area contributed by atoms with E-state index in [1.165, 1.54) is 0 Å². The number of benzene rings is 1. The molecule has 0 unspecified atom stereocenters. The van der Waals surface area contributed by atoms with Crippen LogP contribution >= 0.6 is 0 Å². The summed E-state index contributed by atoms with van der Waals surface area (Å²) >= 11 is 0. The third-order valence-electron chi connectivity index (χ3n) is 14.4.